The van der Waals surface area contributed by atoms with E-state index >= 15 is 0 Å². The minimum atomic E-state index is -0.234. The van der Waals surface area contributed by atoms with E-state index in [0.717, 1.165) is 11.3 Å². The fourth-order valence-electron chi connectivity index (χ4n) is 2.25. The summed E-state index contributed by atoms with van der Waals surface area (Å²) in [4.78, 5) is 0. The predicted molar refractivity (Wildman–Crippen MR) is 90.1 cm³/mol. The number of aryl methyl sites for hydroxylation is 2. The summed E-state index contributed by atoms with van der Waals surface area (Å²) in [6, 6.07) is 12.6. The van der Waals surface area contributed by atoms with Crippen molar-refractivity contribution in [1.82, 2.24) is 5.32 Å². The molecule has 2 rings (SSSR count). The molecule has 0 saturated carbocycles. The highest BCUT2D eigenvalue weighted by atomic mass is 32.1. The molecule has 2 N–H and O–H groups in total. The van der Waals surface area contributed by atoms with E-state index in [1.54, 1.807) is 12.1 Å². The first kappa shape index (κ1) is 15.4. The van der Waals surface area contributed by atoms with Crippen molar-refractivity contribution < 1.29 is 4.39 Å². The van der Waals surface area contributed by atoms with E-state index in [0.29, 0.717) is 5.11 Å². The van der Waals surface area contributed by atoms with Crippen molar-refractivity contribution in [1.29, 1.82) is 0 Å². The second-order valence-electron chi connectivity index (χ2n) is 5.25. The first-order valence-corrected chi connectivity index (χ1v) is 7.26. The normalized spacial score (nSPS) is 11.8. The molecule has 0 aliphatic heterocycles. The van der Waals surface area contributed by atoms with Gasteiger partial charge in [0.15, 0.2) is 5.11 Å². The number of rotatable bonds is 3. The molecule has 0 heterocycles. The molecule has 0 radical (unpaired) electrons. The summed E-state index contributed by atoms with van der Waals surface area (Å²) in [5.41, 5.74) is 4.33. The molecule has 110 valence electrons. The lowest BCUT2D eigenvalue weighted by molar-refractivity contribution is 0.624. The van der Waals surface area contributed by atoms with Crippen molar-refractivity contribution in [3.63, 3.8) is 0 Å². The van der Waals surface area contributed by atoms with Gasteiger partial charge in [-0.25, -0.2) is 4.39 Å². The van der Waals surface area contributed by atoms with Gasteiger partial charge in [0.05, 0.1) is 6.04 Å². The molecule has 4 heteroatoms. The second-order valence-corrected chi connectivity index (χ2v) is 5.66. The van der Waals surface area contributed by atoms with Gasteiger partial charge in [-0.3, -0.25) is 0 Å². The van der Waals surface area contributed by atoms with Crippen molar-refractivity contribution >= 4 is 23.0 Å². The number of hydrogen-bond acceptors (Lipinski definition) is 1. The zero-order valence-electron chi connectivity index (χ0n) is 12.4. The molecule has 21 heavy (non-hydrogen) atoms. The highest BCUT2D eigenvalue weighted by Gasteiger charge is 2.07. The molecule has 1 atom stereocenters. The third kappa shape index (κ3) is 4.53. The quantitative estimate of drug-likeness (QED) is 0.817. The number of nitrogens with one attached hydrogen (secondary N) is 2. The van der Waals surface area contributed by atoms with Gasteiger partial charge < -0.3 is 10.6 Å². The summed E-state index contributed by atoms with van der Waals surface area (Å²) < 4.78 is 12.9. The summed E-state index contributed by atoms with van der Waals surface area (Å²) in [5, 5.41) is 6.94. The minimum absolute atomic E-state index is 0.0107. The van der Waals surface area contributed by atoms with Crippen LogP contribution in [0.25, 0.3) is 0 Å². The third-order valence-corrected chi connectivity index (χ3v) is 3.42. The van der Waals surface area contributed by atoms with E-state index < -0.39 is 0 Å². The van der Waals surface area contributed by atoms with Gasteiger partial charge in [-0.15, -0.1) is 0 Å². The molecular formula is C17H19FN2S. The molecular weight excluding hydrogens is 283 g/mol. The molecule has 2 nitrogen and oxygen atoms in total. The lowest BCUT2D eigenvalue weighted by atomic mass is 10.1. The molecule has 2 aromatic carbocycles. The summed E-state index contributed by atoms with van der Waals surface area (Å²) in [6.45, 7) is 6.09. The smallest absolute Gasteiger partial charge is 0.171 e. The molecule has 0 fully saturated rings. The van der Waals surface area contributed by atoms with Crippen LogP contribution in [0.5, 0.6) is 0 Å². The first-order valence-electron chi connectivity index (χ1n) is 6.85. The number of anilines is 1. The molecule has 2 aromatic rings. The van der Waals surface area contributed by atoms with Gasteiger partial charge >= 0.3 is 0 Å². The average molecular weight is 302 g/mol. The third-order valence-electron chi connectivity index (χ3n) is 3.20. The van der Waals surface area contributed by atoms with E-state index in [1.165, 1.54) is 23.3 Å². The summed E-state index contributed by atoms with van der Waals surface area (Å²) in [7, 11) is 0. The Morgan fingerprint density at radius 2 is 1.62 bits per heavy atom. The van der Waals surface area contributed by atoms with Gasteiger partial charge in [-0.1, -0.05) is 18.2 Å². The Balaban J connectivity index is 1.99. The zero-order valence-corrected chi connectivity index (χ0v) is 13.2. The number of thiocarbonyl (C=S) groups is 1. The number of hydrogen-bond donors (Lipinski definition) is 2. The van der Waals surface area contributed by atoms with Crippen LogP contribution in [0.15, 0.2) is 42.5 Å². The van der Waals surface area contributed by atoms with Gasteiger partial charge in [0.2, 0.25) is 0 Å². The van der Waals surface area contributed by atoms with E-state index in [9.17, 15) is 4.39 Å². The molecule has 0 aliphatic rings. The fourth-order valence-corrected chi connectivity index (χ4v) is 2.54. The van der Waals surface area contributed by atoms with Gasteiger partial charge in [-0.2, -0.15) is 0 Å². The zero-order chi connectivity index (χ0) is 15.4. The summed E-state index contributed by atoms with van der Waals surface area (Å²) in [5.74, 6) is -0.234. The molecule has 0 aromatic heterocycles. The van der Waals surface area contributed by atoms with Crippen LogP contribution < -0.4 is 10.6 Å². The number of halogens is 1. The maximum atomic E-state index is 12.9. The van der Waals surface area contributed by atoms with Crippen LogP contribution in [0.4, 0.5) is 10.1 Å². The van der Waals surface area contributed by atoms with E-state index in [4.69, 9.17) is 12.2 Å². The highest BCUT2D eigenvalue weighted by Crippen LogP contribution is 2.15. The van der Waals surface area contributed by atoms with Crippen LogP contribution in [0.1, 0.15) is 29.7 Å². The Labute approximate surface area is 130 Å². The van der Waals surface area contributed by atoms with Gasteiger partial charge in [0.25, 0.3) is 0 Å². The Morgan fingerprint density at radius 3 is 2.19 bits per heavy atom. The van der Waals surface area contributed by atoms with Crippen molar-refractivity contribution in [2.24, 2.45) is 0 Å². The molecule has 0 amide bonds. The Hall–Kier alpha value is -1.94. The lowest BCUT2D eigenvalue weighted by Crippen LogP contribution is -2.30. The van der Waals surface area contributed by atoms with Crippen molar-refractivity contribution in [2.45, 2.75) is 26.8 Å². The fraction of sp³-hybridized carbons (Fsp3) is 0.235. The predicted octanol–water partition coefficient (Wildman–Crippen LogP) is 4.49. The second kappa shape index (κ2) is 6.68. The SMILES string of the molecule is Cc1cc(C)cc(NC(=S)NC(C)c2ccc(F)cc2)c1. The average Bonchev–Trinajstić information content (AvgIpc) is 2.37. The molecule has 0 bridgehead atoms. The largest absolute Gasteiger partial charge is 0.356 e. The molecule has 0 spiro atoms. The van der Waals surface area contributed by atoms with Gasteiger partial charge in [0.1, 0.15) is 5.82 Å². The van der Waals surface area contributed by atoms with Crippen molar-refractivity contribution in [3.8, 4) is 0 Å². The van der Waals surface area contributed by atoms with E-state index in [-0.39, 0.29) is 11.9 Å². The molecule has 0 saturated heterocycles. The minimum Gasteiger partial charge on any atom is -0.356 e. The van der Waals surface area contributed by atoms with Crippen molar-refractivity contribution in [2.75, 3.05) is 5.32 Å². The number of benzene rings is 2. The maximum absolute atomic E-state index is 12.9. The van der Waals surface area contributed by atoms with Crippen LogP contribution >= 0.6 is 12.2 Å². The molecule has 0 aliphatic carbocycles. The standard InChI is InChI=1S/C17H19FN2S/c1-11-8-12(2)10-16(9-11)20-17(21)19-13(3)14-4-6-15(18)7-5-14/h4-10,13H,1-3H3,(H2,19,20,21). The topological polar surface area (TPSA) is 24.1 Å². The summed E-state index contributed by atoms with van der Waals surface area (Å²) >= 11 is 5.33. The first-order chi connectivity index (χ1) is 9.94. The monoisotopic (exact) mass is 302 g/mol. The maximum Gasteiger partial charge on any atom is 0.171 e. The van der Waals surface area contributed by atoms with Crippen LogP contribution in [0.3, 0.4) is 0 Å². The van der Waals surface area contributed by atoms with E-state index in [1.807, 2.05) is 19.1 Å². The van der Waals surface area contributed by atoms with Crippen LogP contribution in [0.2, 0.25) is 0 Å². The highest BCUT2D eigenvalue weighted by molar-refractivity contribution is 7.80. The van der Waals surface area contributed by atoms with Gasteiger partial charge in [0, 0.05) is 5.69 Å². The van der Waals surface area contributed by atoms with Crippen molar-refractivity contribution in [3.05, 3.63) is 65.0 Å². The van der Waals surface area contributed by atoms with Gasteiger partial charge in [-0.05, 0) is 73.9 Å². The Kier molecular flexibility index (Phi) is 4.91. The van der Waals surface area contributed by atoms with Crippen LogP contribution in [0, 0.1) is 19.7 Å². The van der Waals surface area contributed by atoms with Crippen LogP contribution in [-0.4, -0.2) is 5.11 Å². The molecule has 1 unspecified atom stereocenters. The summed E-state index contributed by atoms with van der Waals surface area (Å²) in [6.07, 6.45) is 0. The lowest BCUT2D eigenvalue weighted by Gasteiger charge is -2.18. The van der Waals surface area contributed by atoms with Crippen LogP contribution in [-0.2, 0) is 0 Å². The Morgan fingerprint density at radius 1 is 1.05 bits per heavy atom. The Bertz CT molecular complexity index is 617. The van der Waals surface area contributed by atoms with E-state index in [2.05, 4.69) is 30.5 Å².